The SMILES string of the molecule is Cc1nc(N2C[C@@H]3OCC(n4cnc5ccccc54)CO[C@H]3C2)c2cc[nH]c2n1. The number of hydrogen-bond donors (Lipinski definition) is 1. The van der Waals surface area contributed by atoms with Crippen LogP contribution >= 0.6 is 0 Å². The molecule has 0 aliphatic carbocycles. The van der Waals surface area contributed by atoms with E-state index in [9.17, 15) is 0 Å². The normalized spacial score (nSPS) is 23.0. The summed E-state index contributed by atoms with van der Waals surface area (Å²) in [5.74, 6) is 1.71. The molecule has 2 aliphatic heterocycles. The topological polar surface area (TPSA) is 81.1 Å². The van der Waals surface area contributed by atoms with Gasteiger partial charge in [0.1, 0.15) is 29.5 Å². The Bertz CT molecular complexity index is 1170. The summed E-state index contributed by atoms with van der Waals surface area (Å²) in [7, 11) is 0. The van der Waals surface area contributed by atoms with E-state index >= 15 is 0 Å². The van der Waals surface area contributed by atoms with Crippen LogP contribution in [0.1, 0.15) is 11.9 Å². The van der Waals surface area contributed by atoms with E-state index in [0.717, 1.165) is 46.8 Å². The smallest absolute Gasteiger partial charge is 0.143 e. The monoisotopic (exact) mass is 390 g/mol. The van der Waals surface area contributed by atoms with Crippen LogP contribution in [0.2, 0.25) is 0 Å². The minimum atomic E-state index is 0.0269. The van der Waals surface area contributed by atoms with Gasteiger partial charge in [-0.2, -0.15) is 0 Å². The van der Waals surface area contributed by atoms with E-state index in [-0.39, 0.29) is 18.2 Å². The number of rotatable bonds is 2. The van der Waals surface area contributed by atoms with Crippen LogP contribution in [0.5, 0.6) is 0 Å². The molecule has 0 radical (unpaired) electrons. The fourth-order valence-corrected chi connectivity index (χ4v) is 4.46. The third-order valence-electron chi connectivity index (χ3n) is 5.90. The van der Waals surface area contributed by atoms with Gasteiger partial charge in [-0.25, -0.2) is 15.0 Å². The van der Waals surface area contributed by atoms with Crippen LogP contribution in [0.4, 0.5) is 5.82 Å². The molecule has 2 saturated heterocycles. The van der Waals surface area contributed by atoms with Crippen LogP contribution in [-0.4, -0.2) is 63.0 Å². The van der Waals surface area contributed by atoms with E-state index in [2.05, 4.69) is 30.5 Å². The van der Waals surface area contributed by atoms with Crippen LogP contribution in [-0.2, 0) is 9.47 Å². The number of aryl methyl sites for hydroxylation is 1. The molecule has 2 aliphatic rings. The Labute approximate surface area is 167 Å². The van der Waals surface area contributed by atoms with Gasteiger partial charge in [0.15, 0.2) is 0 Å². The molecule has 0 bridgehead atoms. The number of para-hydroxylation sites is 2. The van der Waals surface area contributed by atoms with E-state index in [4.69, 9.17) is 14.5 Å². The molecule has 29 heavy (non-hydrogen) atoms. The first-order valence-electron chi connectivity index (χ1n) is 9.98. The number of benzene rings is 1. The lowest BCUT2D eigenvalue weighted by molar-refractivity contribution is -0.00461. The highest BCUT2D eigenvalue weighted by atomic mass is 16.6. The Hall–Kier alpha value is -2.97. The summed E-state index contributed by atoms with van der Waals surface area (Å²) < 4.78 is 14.8. The van der Waals surface area contributed by atoms with E-state index < -0.39 is 0 Å². The van der Waals surface area contributed by atoms with Crippen molar-refractivity contribution in [1.29, 1.82) is 0 Å². The predicted octanol–water partition coefficient (Wildman–Crippen LogP) is 2.46. The quantitative estimate of drug-likeness (QED) is 0.566. The molecule has 0 amide bonds. The Kier molecular flexibility index (Phi) is 3.82. The summed E-state index contributed by atoms with van der Waals surface area (Å²) >= 11 is 0. The standard InChI is InChI=1S/C21H22N6O2/c1-13-24-20-15(6-7-22-20)21(25-13)26-8-18-19(9-26)29-11-14(10-28-18)27-12-23-16-4-2-3-5-17(16)27/h2-7,12,14,18-19H,8-11H2,1H3,(H,22,24,25)/t18-,19-/m0/s1. The minimum Gasteiger partial charge on any atom is -0.371 e. The number of ether oxygens (including phenoxy) is 2. The van der Waals surface area contributed by atoms with Crippen LogP contribution in [0.15, 0.2) is 42.9 Å². The summed E-state index contributed by atoms with van der Waals surface area (Å²) in [5.41, 5.74) is 2.98. The second kappa shape index (κ2) is 6.53. The summed E-state index contributed by atoms with van der Waals surface area (Å²) in [6.45, 7) is 4.66. The summed E-state index contributed by atoms with van der Waals surface area (Å²) in [6.07, 6.45) is 3.85. The third kappa shape index (κ3) is 2.79. The van der Waals surface area contributed by atoms with Gasteiger partial charge < -0.3 is 23.9 Å². The molecule has 3 aromatic heterocycles. The van der Waals surface area contributed by atoms with Gasteiger partial charge in [0.2, 0.25) is 0 Å². The maximum absolute atomic E-state index is 6.32. The van der Waals surface area contributed by atoms with E-state index in [0.29, 0.717) is 13.2 Å². The van der Waals surface area contributed by atoms with Crippen molar-refractivity contribution in [1.82, 2.24) is 24.5 Å². The van der Waals surface area contributed by atoms with Crippen molar-refractivity contribution in [3.63, 3.8) is 0 Å². The van der Waals surface area contributed by atoms with Crippen molar-refractivity contribution in [2.45, 2.75) is 25.2 Å². The molecule has 8 heteroatoms. The predicted molar refractivity (Wildman–Crippen MR) is 109 cm³/mol. The Balaban J connectivity index is 1.23. The molecule has 0 unspecified atom stereocenters. The molecule has 0 spiro atoms. The molecule has 2 fully saturated rings. The van der Waals surface area contributed by atoms with Crippen molar-refractivity contribution in [3.05, 3.63) is 48.7 Å². The zero-order chi connectivity index (χ0) is 19.4. The van der Waals surface area contributed by atoms with Gasteiger partial charge in [-0.3, -0.25) is 0 Å². The van der Waals surface area contributed by atoms with Crippen molar-refractivity contribution in [3.8, 4) is 0 Å². The van der Waals surface area contributed by atoms with Gasteiger partial charge in [0, 0.05) is 19.3 Å². The summed E-state index contributed by atoms with van der Waals surface area (Å²) in [5, 5.41) is 1.04. The largest absolute Gasteiger partial charge is 0.371 e. The molecule has 8 nitrogen and oxygen atoms in total. The molecule has 0 saturated carbocycles. The van der Waals surface area contributed by atoms with Crippen LogP contribution in [0.25, 0.3) is 22.1 Å². The average Bonchev–Trinajstić information content (AvgIpc) is 3.44. The molecule has 2 atom stereocenters. The average molecular weight is 390 g/mol. The Morgan fingerprint density at radius 2 is 1.83 bits per heavy atom. The van der Waals surface area contributed by atoms with E-state index in [1.54, 1.807) is 0 Å². The van der Waals surface area contributed by atoms with Crippen LogP contribution in [0.3, 0.4) is 0 Å². The lowest BCUT2D eigenvalue weighted by Gasteiger charge is -2.21. The minimum absolute atomic E-state index is 0.0269. The number of nitrogens with one attached hydrogen (secondary N) is 1. The number of anilines is 1. The lowest BCUT2D eigenvalue weighted by Crippen LogP contribution is -2.27. The molecule has 4 aromatic rings. The van der Waals surface area contributed by atoms with Crippen molar-refractivity contribution >= 4 is 27.9 Å². The van der Waals surface area contributed by atoms with Gasteiger partial charge in [0.05, 0.1) is 42.0 Å². The molecular weight excluding hydrogens is 368 g/mol. The molecule has 148 valence electrons. The number of H-pyrrole nitrogens is 1. The molecular formula is C21H22N6O2. The number of hydrogen-bond acceptors (Lipinski definition) is 6. The maximum Gasteiger partial charge on any atom is 0.143 e. The summed E-state index contributed by atoms with van der Waals surface area (Å²) in [6, 6.07) is 10.3. The van der Waals surface area contributed by atoms with Crippen molar-refractivity contribution in [2.75, 3.05) is 31.2 Å². The molecule has 1 aromatic carbocycles. The number of aromatic nitrogens is 5. The van der Waals surface area contributed by atoms with Crippen molar-refractivity contribution < 1.29 is 9.47 Å². The Morgan fingerprint density at radius 3 is 2.66 bits per heavy atom. The van der Waals surface area contributed by atoms with Gasteiger partial charge in [-0.15, -0.1) is 0 Å². The second-order valence-electron chi connectivity index (χ2n) is 7.78. The van der Waals surface area contributed by atoms with Gasteiger partial charge >= 0.3 is 0 Å². The van der Waals surface area contributed by atoms with Gasteiger partial charge in [-0.1, -0.05) is 12.1 Å². The van der Waals surface area contributed by atoms with Crippen molar-refractivity contribution in [2.24, 2.45) is 0 Å². The highest BCUT2D eigenvalue weighted by Crippen LogP contribution is 2.31. The van der Waals surface area contributed by atoms with Gasteiger partial charge in [-0.05, 0) is 25.1 Å². The molecule has 5 heterocycles. The Morgan fingerprint density at radius 1 is 1.03 bits per heavy atom. The number of aromatic amines is 1. The number of imidazole rings is 1. The van der Waals surface area contributed by atoms with Crippen LogP contribution in [0, 0.1) is 6.92 Å². The van der Waals surface area contributed by atoms with E-state index in [1.807, 2.05) is 43.7 Å². The van der Waals surface area contributed by atoms with Crippen LogP contribution < -0.4 is 4.90 Å². The van der Waals surface area contributed by atoms with E-state index in [1.165, 1.54) is 0 Å². The fourth-order valence-electron chi connectivity index (χ4n) is 4.46. The number of nitrogens with zero attached hydrogens (tertiary/aromatic N) is 5. The number of fused-ring (bicyclic) bond motifs is 3. The molecule has 1 N–H and O–H groups in total. The zero-order valence-corrected chi connectivity index (χ0v) is 16.2. The first-order valence-corrected chi connectivity index (χ1v) is 9.98. The first-order chi connectivity index (χ1) is 14.3. The zero-order valence-electron chi connectivity index (χ0n) is 16.2. The van der Waals surface area contributed by atoms with Gasteiger partial charge in [0.25, 0.3) is 0 Å². The highest BCUT2D eigenvalue weighted by molar-refractivity contribution is 5.87. The third-order valence-corrected chi connectivity index (χ3v) is 5.90. The highest BCUT2D eigenvalue weighted by Gasteiger charge is 2.39. The summed E-state index contributed by atoms with van der Waals surface area (Å²) in [4.78, 5) is 19.1. The lowest BCUT2D eigenvalue weighted by atomic mass is 10.2. The second-order valence-corrected chi connectivity index (χ2v) is 7.78. The fraction of sp³-hybridized carbons (Fsp3) is 0.381. The first kappa shape index (κ1) is 16.9. The molecule has 6 rings (SSSR count). The maximum atomic E-state index is 6.32.